The number of aromatic amines is 1. The lowest BCUT2D eigenvalue weighted by Crippen LogP contribution is -2.33. The number of H-pyrrole nitrogens is 1. The van der Waals surface area contributed by atoms with Gasteiger partial charge in [0, 0.05) is 20.1 Å². The van der Waals surface area contributed by atoms with Crippen molar-refractivity contribution in [2.75, 3.05) is 13.7 Å². The minimum absolute atomic E-state index is 0.0974. The predicted molar refractivity (Wildman–Crippen MR) is 102 cm³/mol. The van der Waals surface area contributed by atoms with E-state index in [0.29, 0.717) is 41.7 Å². The number of aromatic nitrogens is 4. The van der Waals surface area contributed by atoms with Gasteiger partial charge in [0.15, 0.2) is 11.5 Å². The summed E-state index contributed by atoms with van der Waals surface area (Å²) in [5.74, 6) is 2.28. The molecule has 1 fully saturated rings. The van der Waals surface area contributed by atoms with Crippen LogP contribution in [0.25, 0.3) is 0 Å². The molecule has 4 rings (SSSR count). The zero-order chi connectivity index (χ0) is 20.4. The van der Waals surface area contributed by atoms with Gasteiger partial charge < -0.3 is 18.9 Å². The third kappa shape index (κ3) is 3.86. The van der Waals surface area contributed by atoms with Gasteiger partial charge in [-0.2, -0.15) is 5.10 Å². The molecular weight excluding hydrogens is 374 g/mol. The van der Waals surface area contributed by atoms with Crippen LogP contribution in [0.2, 0.25) is 0 Å². The van der Waals surface area contributed by atoms with Crippen molar-refractivity contribution in [2.24, 2.45) is 0 Å². The van der Waals surface area contributed by atoms with E-state index in [2.05, 4.69) is 20.3 Å². The zero-order valence-electron chi connectivity index (χ0n) is 16.6. The number of benzene rings is 1. The number of nitrogens with zero attached hydrogens (tertiary/aromatic N) is 4. The molecule has 0 radical (unpaired) electrons. The van der Waals surface area contributed by atoms with Crippen molar-refractivity contribution in [1.29, 1.82) is 0 Å². The number of carbonyl (C=O) groups is 1. The molecule has 3 aromatic rings. The molecule has 0 saturated carbocycles. The van der Waals surface area contributed by atoms with E-state index in [9.17, 15) is 4.79 Å². The maximum Gasteiger partial charge on any atom is 0.277 e. The number of ether oxygens (including phenoxy) is 2. The quantitative estimate of drug-likeness (QED) is 0.681. The summed E-state index contributed by atoms with van der Waals surface area (Å²) >= 11 is 0. The van der Waals surface area contributed by atoms with Crippen LogP contribution in [0.4, 0.5) is 0 Å². The SMILES string of the molecule is CO[C@H]1C[C@@H](c2n[nH]c(C)n2)N(C(=O)c2noc(C)c2COc2ccccc2)C1. The van der Waals surface area contributed by atoms with Gasteiger partial charge in [0.1, 0.15) is 23.9 Å². The average molecular weight is 397 g/mol. The van der Waals surface area contributed by atoms with E-state index in [1.165, 1.54) is 0 Å². The fourth-order valence-corrected chi connectivity index (χ4v) is 3.48. The number of methoxy groups -OCH3 is 1. The van der Waals surface area contributed by atoms with Crippen LogP contribution in [-0.4, -0.2) is 50.9 Å². The standard InChI is InChI=1S/C20H23N5O4/c1-12-16(11-28-14-7-5-4-6-8-14)18(24-29-12)20(26)25-10-15(27-3)9-17(25)19-21-13(2)22-23-19/h4-8,15,17H,9-11H2,1-3H3,(H,21,22,23)/t15-,17-/m0/s1. The molecule has 9 nitrogen and oxygen atoms in total. The lowest BCUT2D eigenvalue weighted by atomic mass is 10.1. The Kier molecular flexibility index (Phi) is 5.30. The molecule has 1 aliphatic heterocycles. The molecule has 1 aliphatic rings. The first kappa shape index (κ1) is 19.1. The summed E-state index contributed by atoms with van der Waals surface area (Å²) in [6.45, 7) is 4.21. The second-order valence-corrected chi connectivity index (χ2v) is 7.01. The summed E-state index contributed by atoms with van der Waals surface area (Å²) in [7, 11) is 1.64. The van der Waals surface area contributed by atoms with Crippen LogP contribution >= 0.6 is 0 Å². The number of carbonyl (C=O) groups excluding carboxylic acids is 1. The number of para-hydroxylation sites is 1. The second-order valence-electron chi connectivity index (χ2n) is 7.01. The Labute approximate surface area is 168 Å². The van der Waals surface area contributed by atoms with Gasteiger partial charge in [0.25, 0.3) is 5.91 Å². The highest BCUT2D eigenvalue weighted by Gasteiger charge is 2.40. The maximum absolute atomic E-state index is 13.4. The zero-order valence-corrected chi connectivity index (χ0v) is 16.6. The van der Waals surface area contributed by atoms with E-state index in [4.69, 9.17) is 14.0 Å². The summed E-state index contributed by atoms with van der Waals surface area (Å²) in [5.41, 5.74) is 0.872. The maximum atomic E-state index is 13.4. The summed E-state index contributed by atoms with van der Waals surface area (Å²) in [6.07, 6.45) is 0.520. The molecule has 152 valence electrons. The highest BCUT2D eigenvalue weighted by atomic mass is 16.5. The predicted octanol–water partition coefficient (Wildman–Crippen LogP) is 2.59. The smallest absolute Gasteiger partial charge is 0.277 e. The van der Waals surface area contributed by atoms with Crippen LogP contribution in [0.1, 0.15) is 45.9 Å². The van der Waals surface area contributed by atoms with Crippen molar-refractivity contribution in [2.45, 2.75) is 39.0 Å². The van der Waals surface area contributed by atoms with Crippen molar-refractivity contribution in [3.8, 4) is 5.75 Å². The number of aryl methyl sites for hydroxylation is 2. The minimum Gasteiger partial charge on any atom is -0.489 e. The highest BCUT2D eigenvalue weighted by molar-refractivity contribution is 5.94. The fourth-order valence-electron chi connectivity index (χ4n) is 3.48. The molecule has 0 aliphatic carbocycles. The highest BCUT2D eigenvalue weighted by Crippen LogP contribution is 2.33. The second kappa shape index (κ2) is 8.04. The van der Waals surface area contributed by atoms with Gasteiger partial charge >= 0.3 is 0 Å². The molecule has 1 amide bonds. The van der Waals surface area contributed by atoms with Gasteiger partial charge in [-0.1, -0.05) is 23.4 Å². The van der Waals surface area contributed by atoms with E-state index in [-0.39, 0.29) is 30.4 Å². The van der Waals surface area contributed by atoms with Gasteiger partial charge in [-0.15, -0.1) is 0 Å². The number of nitrogens with one attached hydrogen (secondary N) is 1. The Bertz CT molecular complexity index is 984. The molecule has 2 atom stereocenters. The molecular formula is C20H23N5O4. The topological polar surface area (TPSA) is 106 Å². The first-order valence-electron chi connectivity index (χ1n) is 9.42. The summed E-state index contributed by atoms with van der Waals surface area (Å²) < 4.78 is 16.6. The Hall–Kier alpha value is -3.20. The largest absolute Gasteiger partial charge is 0.489 e. The van der Waals surface area contributed by atoms with Gasteiger partial charge in [0.2, 0.25) is 0 Å². The third-order valence-electron chi connectivity index (χ3n) is 5.08. The van der Waals surface area contributed by atoms with Crippen LogP contribution in [0.15, 0.2) is 34.9 Å². The van der Waals surface area contributed by atoms with Gasteiger partial charge in [-0.05, 0) is 26.0 Å². The van der Waals surface area contributed by atoms with Crippen LogP contribution in [0.5, 0.6) is 5.75 Å². The summed E-state index contributed by atoms with van der Waals surface area (Å²) in [6, 6.07) is 9.11. The van der Waals surface area contributed by atoms with Crippen molar-refractivity contribution in [3.05, 3.63) is 59.0 Å². The van der Waals surface area contributed by atoms with E-state index in [0.717, 1.165) is 0 Å². The van der Waals surface area contributed by atoms with Crippen LogP contribution in [0, 0.1) is 13.8 Å². The lowest BCUT2D eigenvalue weighted by Gasteiger charge is -2.21. The molecule has 1 N–H and O–H groups in total. The molecule has 0 bridgehead atoms. The van der Waals surface area contributed by atoms with Gasteiger partial charge in [-0.25, -0.2) is 4.98 Å². The summed E-state index contributed by atoms with van der Waals surface area (Å²) in [4.78, 5) is 19.5. The minimum atomic E-state index is -0.294. The first-order chi connectivity index (χ1) is 14.1. The van der Waals surface area contributed by atoms with Crippen molar-refractivity contribution in [3.63, 3.8) is 0 Å². The lowest BCUT2D eigenvalue weighted by molar-refractivity contribution is 0.0672. The van der Waals surface area contributed by atoms with E-state index in [1.807, 2.05) is 37.3 Å². The van der Waals surface area contributed by atoms with Crippen molar-refractivity contribution < 1.29 is 18.8 Å². The molecule has 0 unspecified atom stereocenters. The monoisotopic (exact) mass is 397 g/mol. The molecule has 9 heteroatoms. The number of likely N-dealkylation sites (tertiary alicyclic amines) is 1. The number of amides is 1. The third-order valence-corrected chi connectivity index (χ3v) is 5.08. The van der Waals surface area contributed by atoms with Crippen molar-refractivity contribution >= 4 is 5.91 Å². The molecule has 1 saturated heterocycles. The Morgan fingerprint density at radius 3 is 2.79 bits per heavy atom. The number of hydrogen-bond donors (Lipinski definition) is 1. The molecule has 2 aromatic heterocycles. The number of hydrogen-bond acceptors (Lipinski definition) is 7. The number of rotatable bonds is 6. The Morgan fingerprint density at radius 2 is 2.10 bits per heavy atom. The molecule has 1 aromatic carbocycles. The average Bonchev–Trinajstić information content (AvgIpc) is 3.45. The molecule has 29 heavy (non-hydrogen) atoms. The van der Waals surface area contributed by atoms with Crippen LogP contribution in [0.3, 0.4) is 0 Å². The summed E-state index contributed by atoms with van der Waals surface area (Å²) in [5, 5.41) is 11.1. The van der Waals surface area contributed by atoms with E-state index in [1.54, 1.807) is 18.9 Å². The first-order valence-corrected chi connectivity index (χ1v) is 9.42. The Balaban J connectivity index is 1.58. The fraction of sp³-hybridized carbons (Fsp3) is 0.400. The van der Waals surface area contributed by atoms with Crippen molar-refractivity contribution in [1.82, 2.24) is 25.2 Å². The van der Waals surface area contributed by atoms with Gasteiger partial charge in [0.05, 0.1) is 17.7 Å². The van der Waals surface area contributed by atoms with Crippen LogP contribution < -0.4 is 4.74 Å². The van der Waals surface area contributed by atoms with E-state index < -0.39 is 0 Å². The van der Waals surface area contributed by atoms with Crippen LogP contribution in [-0.2, 0) is 11.3 Å². The van der Waals surface area contributed by atoms with E-state index >= 15 is 0 Å². The molecule has 0 spiro atoms. The molecule has 3 heterocycles. The Morgan fingerprint density at radius 1 is 1.31 bits per heavy atom. The normalized spacial score (nSPS) is 18.9. The van der Waals surface area contributed by atoms with Gasteiger partial charge in [-0.3, -0.25) is 9.89 Å².